The summed E-state index contributed by atoms with van der Waals surface area (Å²) in [5.41, 5.74) is 1.60. The van der Waals surface area contributed by atoms with Crippen molar-refractivity contribution in [3.63, 3.8) is 0 Å². The van der Waals surface area contributed by atoms with Crippen molar-refractivity contribution in [3.05, 3.63) is 35.9 Å². The lowest BCUT2D eigenvalue weighted by Gasteiger charge is -2.59. The Morgan fingerprint density at radius 2 is 0.936 bits per heavy atom. The predicted octanol–water partition coefficient (Wildman–Crippen LogP) is 11.2. The van der Waals surface area contributed by atoms with Crippen molar-refractivity contribution in [3.8, 4) is 0 Å². The van der Waals surface area contributed by atoms with E-state index in [2.05, 4.69) is 78.8 Å². The van der Waals surface area contributed by atoms with E-state index < -0.39 is 0 Å². The van der Waals surface area contributed by atoms with E-state index >= 15 is 0 Å². The lowest BCUT2D eigenvalue weighted by Crippen LogP contribution is -3.00. The van der Waals surface area contributed by atoms with Crippen molar-refractivity contribution in [1.29, 1.82) is 0 Å². The zero-order valence-electron chi connectivity index (χ0n) is 32.8. The molecule has 6 unspecified atom stereocenters. The summed E-state index contributed by atoms with van der Waals surface area (Å²) in [6, 6.07) is 13.4. The maximum Gasteiger partial charge on any atom is 0.105 e. The van der Waals surface area contributed by atoms with Crippen LogP contribution in [0, 0.1) is 35.5 Å². The topological polar surface area (TPSA) is 0 Å². The summed E-state index contributed by atoms with van der Waals surface area (Å²) in [6.07, 6.45) is 32.0. The smallest absolute Gasteiger partial charge is 0.105 e. The van der Waals surface area contributed by atoms with Gasteiger partial charge < -0.3 is 16.9 Å². The second-order valence-electron chi connectivity index (χ2n) is 17.6. The van der Waals surface area contributed by atoms with Crippen LogP contribution in [0.4, 0.5) is 0 Å². The first kappa shape index (κ1) is 42.6. The number of benzene rings is 1. The van der Waals surface area contributed by atoms with E-state index in [1.165, 1.54) is 159 Å². The molecule has 3 rings (SSSR count). The van der Waals surface area contributed by atoms with E-state index in [1.54, 1.807) is 5.56 Å². The number of quaternary nitrogens is 1. The second kappa shape index (κ2) is 23.8. The Morgan fingerprint density at radius 1 is 0.553 bits per heavy atom. The highest BCUT2D eigenvalue weighted by Gasteiger charge is 2.53. The summed E-state index contributed by atoms with van der Waals surface area (Å²) in [7, 11) is 0. The fourth-order valence-corrected chi connectivity index (χ4v) is 10.3. The average molecular weight is 673 g/mol. The highest BCUT2D eigenvalue weighted by atomic mass is 35.5. The molecule has 2 saturated carbocycles. The molecule has 0 heterocycles. The van der Waals surface area contributed by atoms with Crippen LogP contribution in [0.15, 0.2) is 30.3 Å². The first-order valence-corrected chi connectivity index (χ1v) is 21.2. The fraction of sp³-hybridized carbons (Fsp3) is 0.867. The van der Waals surface area contributed by atoms with Crippen LogP contribution >= 0.6 is 0 Å². The van der Waals surface area contributed by atoms with E-state index in [1.807, 2.05) is 0 Å². The Balaban J connectivity index is 0.00000768. The van der Waals surface area contributed by atoms with Crippen molar-refractivity contribution < 1.29 is 16.9 Å². The van der Waals surface area contributed by atoms with Crippen molar-refractivity contribution in [2.24, 2.45) is 35.5 Å². The lowest BCUT2D eigenvalue weighted by molar-refractivity contribution is -0.995. The van der Waals surface area contributed by atoms with Gasteiger partial charge in [0.15, 0.2) is 0 Å². The molecule has 6 atom stereocenters. The van der Waals surface area contributed by atoms with Gasteiger partial charge in [-0.15, -0.1) is 0 Å². The van der Waals surface area contributed by atoms with E-state index in [9.17, 15) is 0 Å². The minimum Gasteiger partial charge on any atom is -1.00 e. The van der Waals surface area contributed by atoms with Crippen LogP contribution in [0.2, 0.25) is 0 Å². The molecule has 1 aromatic carbocycles. The zero-order valence-corrected chi connectivity index (χ0v) is 33.6. The normalized spacial score (nSPS) is 26.3. The van der Waals surface area contributed by atoms with Crippen molar-refractivity contribution in [1.82, 2.24) is 0 Å². The van der Waals surface area contributed by atoms with Gasteiger partial charge >= 0.3 is 0 Å². The second-order valence-corrected chi connectivity index (χ2v) is 17.6. The van der Waals surface area contributed by atoms with Crippen LogP contribution < -0.4 is 12.4 Å². The quantitative estimate of drug-likeness (QED) is 0.0802. The first-order chi connectivity index (χ1) is 22.3. The molecule has 0 N–H and O–H groups in total. The van der Waals surface area contributed by atoms with Gasteiger partial charge in [-0.05, 0) is 62.2 Å². The minimum atomic E-state index is 0. The number of hydrogen-bond donors (Lipinski definition) is 0. The number of unbranched alkanes of at least 4 members (excludes halogenated alkanes) is 15. The van der Waals surface area contributed by atoms with Gasteiger partial charge in [0.05, 0.1) is 18.6 Å². The third-order valence-corrected chi connectivity index (χ3v) is 13.0. The molecule has 2 fully saturated rings. The highest BCUT2D eigenvalue weighted by molar-refractivity contribution is 5.14. The van der Waals surface area contributed by atoms with E-state index in [4.69, 9.17) is 0 Å². The summed E-state index contributed by atoms with van der Waals surface area (Å²) in [6.45, 7) is 20.4. The van der Waals surface area contributed by atoms with Crippen LogP contribution in [-0.2, 0) is 6.54 Å². The van der Waals surface area contributed by atoms with Gasteiger partial charge in [-0.2, -0.15) is 0 Å². The van der Waals surface area contributed by atoms with Crippen LogP contribution in [0.5, 0.6) is 0 Å². The molecule has 1 nitrogen and oxygen atoms in total. The van der Waals surface area contributed by atoms with Gasteiger partial charge in [0, 0.05) is 30.2 Å². The third-order valence-electron chi connectivity index (χ3n) is 13.0. The van der Waals surface area contributed by atoms with E-state index in [0.29, 0.717) is 0 Å². The maximum absolute atomic E-state index is 2.58. The lowest BCUT2D eigenvalue weighted by atomic mass is 9.67. The number of nitrogens with zero attached hydrogens (tertiary/aromatic N) is 1. The number of halogens is 1. The van der Waals surface area contributed by atoms with Crippen LogP contribution in [0.25, 0.3) is 0 Å². The van der Waals surface area contributed by atoms with E-state index in [-0.39, 0.29) is 12.4 Å². The molecule has 2 aliphatic carbocycles. The van der Waals surface area contributed by atoms with Crippen molar-refractivity contribution in [2.75, 3.05) is 6.54 Å². The molecule has 0 radical (unpaired) electrons. The summed E-state index contributed by atoms with van der Waals surface area (Å²) >= 11 is 0. The Morgan fingerprint density at radius 3 is 1.32 bits per heavy atom. The summed E-state index contributed by atoms with van der Waals surface area (Å²) < 4.78 is 1.41. The largest absolute Gasteiger partial charge is 1.00 e. The summed E-state index contributed by atoms with van der Waals surface area (Å²) in [4.78, 5) is 0. The molecule has 0 aromatic heterocycles. The van der Waals surface area contributed by atoms with Gasteiger partial charge in [-0.1, -0.05) is 169 Å². The predicted molar refractivity (Wildman–Crippen MR) is 205 cm³/mol. The summed E-state index contributed by atoms with van der Waals surface area (Å²) in [5, 5.41) is 0. The van der Waals surface area contributed by atoms with Crippen LogP contribution in [0.3, 0.4) is 0 Å². The Kier molecular flexibility index (Phi) is 21.6. The van der Waals surface area contributed by atoms with Gasteiger partial charge in [-0.25, -0.2) is 0 Å². The number of hydrogen-bond acceptors (Lipinski definition) is 0. The molecular formula is C45H82ClN. The molecular weight excluding hydrogens is 590 g/mol. The molecule has 0 bridgehead atoms. The molecule has 274 valence electrons. The molecule has 0 saturated heterocycles. The fourth-order valence-electron chi connectivity index (χ4n) is 10.3. The average Bonchev–Trinajstić information content (AvgIpc) is 3.04. The molecule has 1 aromatic rings. The molecule has 0 amide bonds. The summed E-state index contributed by atoms with van der Waals surface area (Å²) in [5.74, 6) is 5.05. The van der Waals surface area contributed by atoms with Gasteiger partial charge in [0.2, 0.25) is 0 Å². The molecule has 2 aliphatic rings. The minimum absolute atomic E-state index is 0. The van der Waals surface area contributed by atoms with Crippen LogP contribution in [-0.4, -0.2) is 23.1 Å². The standard InChI is InChI=1S/C45H82N.ClH/c1-8-9-10-11-12-13-14-15-16-17-18-19-20-21-22-26-33-46(36-41-27-24-23-25-28-41,44-34-39(6)29-31-42(44)37(2)3)45-35-40(7)30-32-43(45)38(4)5;/h23-25,27-28,37-40,42-45H,8-22,26,29-36H2,1-7H3;1H/q+1;/p-1. The number of rotatable bonds is 23. The molecule has 0 aliphatic heterocycles. The zero-order chi connectivity index (χ0) is 33.2. The van der Waals surface area contributed by atoms with Gasteiger partial charge in [0.25, 0.3) is 0 Å². The molecule has 2 heteroatoms. The Labute approximate surface area is 302 Å². The van der Waals surface area contributed by atoms with Crippen molar-refractivity contribution >= 4 is 0 Å². The van der Waals surface area contributed by atoms with Crippen LogP contribution in [0.1, 0.15) is 195 Å². The van der Waals surface area contributed by atoms with Gasteiger partial charge in [-0.3, -0.25) is 0 Å². The SMILES string of the molecule is CCCCCCCCCCCCCCCCCC[N+](Cc1ccccc1)(C1CC(C)CCC1C(C)C)C1CC(C)CCC1C(C)C.[Cl-]. The highest BCUT2D eigenvalue weighted by Crippen LogP contribution is 2.48. The maximum atomic E-state index is 2.58. The molecule has 0 spiro atoms. The van der Waals surface area contributed by atoms with Crippen molar-refractivity contribution in [2.45, 2.75) is 208 Å². The monoisotopic (exact) mass is 672 g/mol. The third kappa shape index (κ3) is 14.3. The first-order valence-electron chi connectivity index (χ1n) is 21.2. The van der Waals surface area contributed by atoms with E-state index in [0.717, 1.165) is 47.6 Å². The Hall–Kier alpha value is -0.530. The molecule has 47 heavy (non-hydrogen) atoms. The van der Waals surface area contributed by atoms with Gasteiger partial charge in [0.1, 0.15) is 6.54 Å². The Bertz CT molecular complexity index is 847.